The van der Waals surface area contributed by atoms with Crippen molar-refractivity contribution >= 4 is 17.8 Å². The van der Waals surface area contributed by atoms with Gasteiger partial charge in [-0.15, -0.1) is 0 Å². The summed E-state index contributed by atoms with van der Waals surface area (Å²) in [6.45, 7) is 3.43. The van der Waals surface area contributed by atoms with Crippen LogP contribution < -0.4 is 5.32 Å². The van der Waals surface area contributed by atoms with E-state index in [1.54, 1.807) is 4.90 Å². The third-order valence-electron chi connectivity index (χ3n) is 5.85. The molecule has 1 aromatic carbocycles. The maximum Gasteiger partial charge on any atom is 0.325 e. The van der Waals surface area contributed by atoms with E-state index >= 15 is 0 Å². The van der Waals surface area contributed by atoms with Crippen molar-refractivity contribution in [2.75, 3.05) is 19.6 Å². The number of piperidine rings is 1. The molecule has 0 saturated carbocycles. The standard InChI is InChI=1S/C19H23N3O3/c1-13-7-10-21(11-8-13)16(23)12-22-17(24)19(20-18(22)25)9-6-14-4-2-3-5-15(14)19/h2-5,13H,6-12H2,1H3,(H,20,25). The summed E-state index contributed by atoms with van der Waals surface area (Å²) in [5.74, 6) is 0.193. The SMILES string of the molecule is CC1CCN(C(=O)CN2C(=O)NC3(CCc4ccccc43)C2=O)CC1. The number of nitrogens with zero attached hydrogens (tertiary/aromatic N) is 2. The van der Waals surface area contributed by atoms with Crippen LogP contribution in [0.3, 0.4) is 0 Å². The molecule has 132 valence electrons. The van der Waals surface area contributed by atoms with E-state index < -0.39 is 11.6 Å². The summed E-state index contributed by atoms with van der Waals surface area (Å²) < 4.78 is 0. The highest BCUT2D eigenvalue weighted by atomic mass is 16.2. The molecule has 0 aromatic heterocycles. The zero-order valence-electron chi connectivity index (χ0n) is 14.5. The first-order chi connectivity index (χ1) is 12.0. The van der Waals surface area contributed by atoms with Crippen LogP contribution in [0.4, 0.5) is 4.79 Å². The molecule has 1 spiro atoms. The highest BCUT2D eigenvalue weighted by Gasteiger charge is 2.55. The number of aryl methyl sites for hydroxylation is 1. The van der Waals surface area contributed by atoms with E-state index in [9.17, 15) is 14.4 Å². The Hall–Kier alpha value is -2.37. The van der Waals surface area contributed by atoms with Crippen LogP contribution >= 0.6 is 0 Å². The maximum absolute atomic E-state index is 13.0. The molecule has 2 aliphatic heterocycles. The fourth-order valence-corrected chi connectivity index (χ4v) is 4.23. The normalized spacial score (nSPS) is 26.3. The number of likely N-dealkylation sites (tertiary alicyclic amines) is 1. The lowest BCUT2D eigenvalue weighted by Gasteiger charge is -2.31. The predicted octanol–water partition coefficient (Wildman–Crippen LogP) is 1.64. The molecular weight excluding hydrogens is 318 g/mol. The van der Waals surface area contributed by atoms with Gasteiger partial charge in [-0.2, -0.15) is 0 Å². The van der Waals surface area contributed by atoms with Gasteiger partial charge in [0.2, 0.25) is 5.91 Å². The molecule has 1 N–H and O–H groups in total. The van der Waals surface area contributed by atoms with Gasteiger partial charge in [0.05, 0.1) is 0 Å². The summed E-state index contributed by atoms with van der Waals surface area (Å²) in [5, 5.41) is 2.87. The number of fused-ring (bicyclic) bond motifs is 2. The predicted molar refractivity (Wildman–Crippen MR) is 91.7 cm³/mol. The Balaban J connectivity index is 1.52. The molecule has 3 aliphatic rings. The minimum Gasteiger partial charge on any atom is -0.341 e. The van der Waals surface area contributed by atoms with E-state index in [1.807, 2.05) is 24.3 Å². The molecule has 1 unspecified atom stereocenters. The topological polar surface area (TPSA) is 69.7 Å². The van der Waals surface area contributed by atoms with Gasteiger partial charge < -0.3 is 10.2 Å². The molecule has 2 saturated heterocycles. The molecule has 25 heavy (non-hydrogen) atoms. The number of benzene rings is 1. The molecule has 4 amide bonds. The maximum atomic E-state index is 13.0. The minimum atomic E-state index is -0.982. The van der Waals surface area contributed by atoms with E-state index in [0.29, 0.717) is 25.4 Å². The van der Waals surface area contributed by atoms with E-state index in [-0.39, 0.29) is 18.4 Å². The molecule has 0 bridgehead atoms. The van der Waals surface area contributed by atoms with E-state index in [0.717, 1.165) is 35.3 Å². The Morgan fingerprint density at radius 3 is 2.72 bits per heavy atom. The number of rotatable bonds is 2. The Bertz CT molecular complexity index is 739. The van der Waals surface area contributed by atoms with Gasteiger partial charge >= 0.3 is 6.03 Å². The molecule has 1 aromatic rings. The van der Waals surface area contributed by atoms with Crippen LogP contribution in [-0.2, 0) is 21.5 Å². The molecule has 4 rings (SSSR count). The average Bonchev–Trinajstić information content (AvgIpc) is 3.09. The van der Waals surface area contributed by atoms with Gasteiger partial charge in [-0.05, 0) is 42.7 Å². The lowest BCUT2D eigenvalue weighted by molar-refractivity contribution is -0.139. The number of carbonyl (C=O) groups excluding carboxylic acids is 3. The fourth-order valence-electron chi connectivity index (χ4n) is 4.23. The van der Waals surface area contributed by atoms with Gasteiger partial charge in [-0.1, -0.05) is 31.2 Å². The number of carbonyl (C=O) groups is 3. The zero-order chi connectivity index (χ0) is 17.6. The average molecular weight is 341 g/mol. The number of hydrogen-bond donors (Lipinski definition) is 1. The molecule has 6 nitrogen and oxygen atoms in total. The van der Waals surface area contributed by atoms with E-state index in [1.165, 1.54) is 0 Å². The quantitative estimate of drug-likeness (QED) is 0.832. The van der Waals surface area contributed by atoms with Crippen LogP contribution in [0.5, 0.6) is 0 Å². The highest BCUT2D eigenvalue weighted by Crippen LogP contribution is 2.41. The van der Waals surface area contributed by atoms with Gasteiger partial charge in [0.1, 0.15) is 12.1 Å². The van der Waals surface area contributed by atoms with Crippen LogP contribution in [0.15, 0.2) is 24.3 Å². The number of hydrogen-bond acceptors (Lipinski definition) is 3. The first-order valence-corrected chi connectivity index (χ1v) is 9.01. The minimum absolute atomic E-state index is 0.140. The smallest absolute Gasteiger partial charge is 0.325 e. The summed E-state index contributed by atoms with van der Waals surface area (Å²) in [6.07, 6.45) is 3.27. The van der Waals surface area contributed by atoms with Crippen molar-refractivity contribution in [3.63, 3.8) is 0 Å². The zero-order valence-corrected chi connectivity index (χ0v) is 14.5. The summed E-state index contributed by atoms with van der Waals surface area (Å²) in [5.41, 5.74) is 0.981. The molecular formula is C19H23N3O3. The summed E-state index contributed by atoms with van der Waals surface area (Å²) in [4.78, 5) is 40.9. The van der Waals surface area contributed by atoms with Gasteiger partial charge in [0, 0.05) is 13.1 Å². The number of imide groups is 1. The third-order valence-corrected chi connectivity index (χ3v) is 5.85. The summed E-state index contributed by atoms with van der Waals surface area (Å²) in [7, 11) is 0. The number of urea groups is 1. The van der Waals surface area contributed by atoms with Crippen LogP contribution in [0.1, 0.15) is 37.3 Å². The lowest BCUT2D eigenvalue weighted by Crippen LogP contribution is -2.46. The second kappa shape index (κ2) is 5.86. The first kappa shape index (κ1) is 16.1. The van der Waals surface area contributed by atoms with Crippen molar-refractivity contribution in [2.24, 2.45) is 5.92 Å². The largest absolute Gasteiger partial charge is 0.341 e. The van der Waals surface area contributed by atoms with Crippen LogP contribution in [-0.4, -0.2) is 47.3 Å². The van der Waals surface area contributed by atoms with Crippen molar-refractivity contribution in [2.45, 2.75) is 38.1 Å². The van der Waals surface area contributed by atoms with Crippen LogP contribution in [0, 0.1) is 5.92 Å². The first-order valence-electron chi connectivity index (χ1n) is 9.01. The Labute approximate surface area is 147 Å². The molecule has 1 atom stereocenters. The summed E-state index contributed by atoms with van der Waals surface area (Å²) in [6, 6.07) is 7.26. The molecule has 2 fully saturated rings. The lowest BCUT2D eigenvalue weighted by atomic mass is 9.92. The van der Waals surface area contributed by atoms with Crippen LogP contribution in [0.2, 0.25) is 0 Å². The van der Waals surface area contributed by atoms with Crippen molar-refractivity contribution in [1.29, 1.82) is 0 Å². The number of nitrogens with one attached hydrogen (secondary N) is 1. The van der Waals surface area contributed by atoms with Gasteiger partial charge in [0.25, 0.3) is 5.91 Å². The molecule has 6 heteroatoms. The number of amides is 4. The van der Waals surface area contributed by atoms with Crippen molar-refractivity contribution in [3.8, 4) is 0 Å². The van der Waals surface area contributed by atoms with Crippen molar-refractivity contribution in [3.05, 3.63) is 35.4 Å². The van der Waals surface area contributed by atoms with Gasteiger partial charge in [-0.25, -0.2) is 4.79 Å². The van der Waals surface area contributed by atoms with Crippen molar-refractivity contribution < 1.29 is 14.4 Å². The second-order valence-electron chi connectivity index (χ2n) is 7.45. The van der Waals surface area contributed by atoms with E-state index in [2.05, 4.69) is 12.2 Å². The summed E-state index contributed by atoms with van der Waals surface area (Å²) >= 11 is 0. The monoisotopic (exact) mass is 341 g/mol. The third kappa shape index (κ3) is 2.51. The molecule has 2 heterocycles. The highest BCUT2D eigenvalue weighted by molar-refractivity contribution is 6.09. The molecule has 1 aliphatic carbocycles. The van der Waals surface area contributed by atoms with E-state index in [4.69, 9.17) is 0 Å². The van der Waals surface area contributed by atoms with Crippen LogP contribution in [0.25, 0.3) is 0 Å². The Morgan fingerprint density at radius 2 is 1.96 bits per heavy atom. The van der Waals surface area contributed by atoms with Crippen molar-refractivity contribution in [1.82, 2.24) is 15.1 Å². The molecule has 0 radical (unpaired) electrons. The Kier molecular flexibility index (Phi) is 3.78. The Morgan fingerprint density at radius 1 is 1.24 bits per heavy atom. The van der Waals surface area contributed by atoms with Gasteiger partial charge in [0.15, 0.2) is 0 Å². The second-order valence-corrected chi connectivity index (χ2v) is 7.45. The fraction of sp³-hybridized carbons (Fsp3) is 0.526. The van der Waals surface area contributed by atoms with Gasteiger partial charge in [-0.3, -0.25) is 14.5 Å².